The molecule has 0 spiro atoms. The van der Waals surface area contributed by atoms with Gasteiger partial charge in [0.05, 0.1) is 6.61 Å². The van der Waals surface area contributed by atoms with Crippen LogP contribution in [-0.2, 0) is 27.3 Å². The van der Waals surface area contributed by atoms with E-state index in [-0.39, 0.29) is 5.97 Å². The van der Waals surface area contributed by atoms with Crippen LogP contribution in [0.3, 0.4) is 0 Å². The lowest BCUT2D eigenvalue weighted by Gasteiger charge is -2.15. The monoisotopic (exact) mass is 460 g/mol. The Labute approximate surface area is 201 Å². The number of hydrogen-bond acceptors (Lipinski definition) is 5. The number of carbonyl (C=O) groups is 1. The Bertz CT molecular complexity index is 1010. The van der Waals surface area contributed by atoms with Gasteiger partial charge in [-0.2, -0.15) is 0 Å². The largest absolute Gasteiger partial charge is 0.490 e. The quantitative estimate of drug-likeness (QED) is 0.299. The first-order valence-corrected chi connectivity index (χ1v) is 11.6. The summed E-state index contributed by atoms with van der Waals surface area (Å²) in [6, 6.07) is 25.8. The Morgan fingerprint density at radius 3 is 2.15 bits per heavy atom. The molecule has 0 aliphatic heterocycles. The second-order valence-corrected chi connectivity index (χ2v) is 7.60. The van der Waals surface area contributed by atoms with Crippen LogP contribution in [0.1, 0.15) is 30.5 Å². The average molecular weight is 461 g/mol. The fraction of sp³-hybridized carbons (Fsp3) is 0.276. The molecule has 0 saturated carbocycles. The van der Waals surface area contributed by atoms with Gasteiger partial charge in [-0.25, -0.2) is 4.79 Å². The molecule has 0 radical (unpaired) electrons. The lowest BCUT2D eigenvalue weighted by atomic mass is 10.1. The molecule has 0 heterocycles. The van der Waals surface area contributed by atoms with Crippen LogP contribution in [-0.4, -0.2) is 31.9 Å². The molecule has 0 amide bonds. The van der Waals surface area contributed by atoms with Crippen LogP contribution in [0, 0.1) is 0 Å². The minimum Gasteiger partial charge on any atom is -0.490 e. The highest BCUT2D eigenvalue weighted by atomic mass is 16.6. The van der Waals surface area contributed by atoms with E-state index in [1.54, 1.807) is 6.92 Å². The molecule has 3 rings (SSSR count). The molecule has 0 aromatic heterocycles. The Morgan fingerprint density at radius 1 is 0.794 bits per heavy atom. The molecular formula is C29H32O5. The van der Waals surface area contributed by atoms with Gasteiger partial charge in [-0.3, -0.25) is 0 Å². The molecule has 178 valence electrons. The molecule has 0 aliphatic carbocycles. The van der Waals surface area contributed by atoms with Crippen molar-refractivity contribution < 1.29 is 23.7 Å². The Kier molecular flexibility index (Phi) is 10.2. The van der Waals surface area contributed by atoms with Gasteiger partial charge < -0.3 is 18.9 Å². The maximum absolute atomic E-state index is 12.0. The van der Waals surface area contributed by atoms with Crippen LogP contribution >= 0.6 is 0 Å². The average Bonchev–Trinajstić information content (AvgIpc) is 2.87. The maximum Gasteiger partial charge on any atom is 0.335 e. The van der Waals surface area contributed by atoms with Gasteiger partial charge in [0.2, 0.25) is 0 Å². The summed E-state index contributed by atoms with van der Waals surface area (Å²) in [5.74, 6) is 1.28. The highest BCUT2D eigenvalue weighted by Crippen LogP contribution is 2.17. The molecule has 3 aromatic rings. The van der Waals surface area contributed by atoms with Crippen LogP contribution in [0.25, 0.3) is 6.08 Å². The molecule has 0 fully saturated rings. The smallest absolute Gasteiger partial charge is 0.335 e. The number of ether oxygens (including phenoxy) is 4. The predicted molar refractivity (Wildman–Crippen MR) is 134 cm³/mol. The van der Waals surface area contributed by atoms with Crippen LogP contribution < -0.4 is 9.47 Å². The minimum absolute atomic E-state index is 0.328. The van der Waals surface area contributed by atoms with Crippen LogP contribution in [0.15, 0.2) is 84.9 Å². The molecule has 3 aromatic carbocycles. The van der Waals surface area contributed by atoms with Gasteiger partial charge in [-0.1, -0.05) is 60.7 Å². The first kappa shape index (κ1) is 25.1. The van der Waals surface area contributed by atoms with Gasteiger partial charge in [0.25, 0.3) is 0 Å². The van der Waals surface area contributed by atoms with E-state index >= 15 is 0 Å². The highest BCUT2D eigenvalue weighted by Gasteiger charge is 2.20. The normalized spacial score (nSPS) is 11.8. The SMILES string of the molecule is CCOC(=O)[C@H](Cc1ccc(OCC=Cc2ccc(OCc3ccccc3)cc2)cc1)OCC. The topological polar surface area (TPSA) is 54.0 Å². The van der Waals surface area contributed by atoms with Crippen molar-refractivity contribution in [3.8, 4) is 11.5 Å². The van der Waals surface area contributed by atoms with Crippen molar-refractivity contribution >= 4 is 12.0 Å². The molecule has 0 saturated heterocycles. The summed E-state index contributed by atoms with van der Waals surface area (Å²) in [6.45, 7) is 5.46. The second kappa shape index (κ2) is 13.9. The number of rotatable bonds is 13. The molecule has 5 nitrogen and oxygen atoms in total. The summed E-state index contributed by atoms with van der Waals surface area (Å²) in [7, 11) is 0. The fourth-order valence-corrected chi connectivity index (χ4v) is 3.33. The lowest BCUT2D eigenvalue weighted by molar-refractivity contribution is -0.156. The van der Waals surface area contributed by atoms with Crippen molar-refractivity contribution in [3.63, 3.8) is 0 Å². The molecule has 0 unspecified atom stereocenters. The number of benzene rings is 3. The summed E-state index contributed by atoms with van der Waals surface area (Å²) < 4.78 is 22.2. The van der Waals surface area contributed by atoms with E-state index in [0.29, 0.717) is 32.8 Å². The van der Waals surface area contributed by atoms with Gasteiger partial charge in [-0.15, -0.1) is 0 Å². The van der Waals surface area contributed by atoms with Gasteiger partial charge in [0.1, 0.15) is 24.7 Å². The van der Waals surface area contributed by atoms with Crippen molar-refractivity contribution in [2.75, 3.05) is 19.8 Å². The molecular weight excluding hydrogens is 428 g/mol. The standard InChI is InChI=1S/C29H32O5/c1-3-31-28(29(30)32-4-2)21-24-14-18-26(19-15-24)33-20-8-11-23-12-16-27(17-13-23)34-22-25-9-6-5-7-10-25/h5-19,28H,3-4,20-22H2,1-2H3/t28-/m0/s1. The van der Waals surface area contributed by atoms with Crippen LogP contribution in [0.2, 0.25) is 0 Å². The second-order valence-electron chi connectivity index (χ2n) is 7.60. The molecule has 0 N–H and O–H groups in total. The zero-order valence-electron chi connectivity index (χ0n) is 19.8. The lowest BCUT2D eigenvalue weighted by Crippen LogP contribution is -2.28. The maximum atomic E-state index is 12.0. The van der Waals surface area contributed by atoms with Gasteiger partial charge in [0, 0.05) is 13.0 Å². The Hall–Kier alpha value is -3.57. The van der Waals surface area contributed by atoms with Crippen molar-refractivity contribution in [1.82, 2.24) is 0 Å². The number of esters is 1. The molecule has 1 atom stereocenters. The van der Waals surface area contributed by atoms with E-state index in [1.165, 1.54) is 0 Å². The van der Waals surface area contributed by atoms with E-state index in [1.807, 2.05) is 97.9 Å². The molecule has 5 heteroatoms. The van der Waals surface area contributed by atoms with Gasteiger partial charge in [-0.05, 0) is 60.9 Å². The van der Waals surface area contributed by atoms with Crippen LogP contribution in [0.5, 0.6) is 11.5 Å². The van der Waals surface area contributed by atoms with Crippen molar-refractivity contribution in [3.05, 3.63) is 102 Å². The first-order chi connectivity index (χ1) is 16.7. The van der Waals surface area contributed by atoms with E-state index in [4.69, 9.17) is 18.9 Å². The van der Waals surface area contributed by atoms with Crippen molar-refractivity contribution in [2.45, 2.75) is 33.0 Å². The highest BCUT2D eigenvalue weighted by molar-refractivity contribution is 5.75. The van der Waals surface area contributed by atoms with E-state index in [9.17, 15) is 4.79 Å². The van der Waals surface area contributed by atoms with E-state index in [2.05, 4.69) is 0 Å². The Morgan fingerprint density at radius 2 is 1.47 bits per heavy atom. The predicted octanol–water partition coefficient (Wildman–Crippen LogP) is 5.87. The van der Waals surface area contributed by atoms with Crippen molar-refractivity contribution in [1.29, 1.82) is 0 Å². The molecule has 0 aliphatic rings. The zero-order chi connectivity index (χ0) is 24.0. The number of carbonyl (C=O) groups excluding carboxylic acids is 1. The zero-order valence-corrected chi connectivity index (χ0v) is 19.8. The third-order valence-electron chi connectivity index (χ3n) is 5.05. The molecule has 0 bridgehead atoms. The molecule has 34 heavy (non-hydrogen) atoms. The van der Waals surface area contributed by atoms with Gasteiger partial charge in [0.15, 0.2) is 6.10 Å². The minimum atomic E-state index is -0.588. The third-order valence-corrected chi connectivity index (χ3v) is 5.05. The summed E-state index contributed by atoms with van der Waals surface area (Å²) in [6.07, 6.45) is 3.87. The van der Waals surface area contributed by atoms with Gasteiger partial charge >= 0.3 is 5.97 Å². The number of hydrogen-bond donors (Lipinski definition) is 0. The first-order valence-electron chi connectivity index (χ1n) is 11.6. The summed E-state index contributed by atoms with van der Waals surface area (Å²) in [5.41, 5.74) is 3.21. The van der Waals surface area contributed by atoms with E-state index < -0.39 is 6.10 Å². The van der Waals surface area contributed by atoms with Crippen LogP contribution in [0.4, 0.5) is 0 Å². The van der Waals surface area contributed by atoms with E-state index in [0.717, 1.165) is 28.2 Å². The Balaban J connectivity index is 1.43. The summed E-state index contributed by atoms with van der Waals surface area (Å²) in [5, 5.41) is 0. The van der Waals surface area contributed by atoms with Crippen molar-refractivity contribution in [2.24, 2.45) is 0 Å². The third kappa shape index (κ3) is 8.41. The fourth-order valence-electron chi connectivity index (χ4n) is 3.33. The summed E-state index contributed by atoms with van der Waals surface area (Å²) in [4.78, 5) is 12.0. The summed E-state index contributed by atoms with van der Waals surface area (Å²) >= 11 is 0.